The molecule has 92 valence electrons. The second kappa shape index (κ2) is 5.75. The topological polar surface area (TPSA) is 115 Å². The number of aromatic nitrogens is 1. The first kappa shape index (κ1) is 12.8. The number of carboxylic acids is 1. The van der Waals surface area contributed by atoms with Gasteiger partial charge in [-0.05, 0) is 6.07 Å². The van der Waals surface area contributed by atoms with Gasteiger partial charge in [0.2, 0.25) is 5.82 Å². The quantitative estimate of drug-likeness (QED) is 0.550. The van der Waals surface area contributed by atoms with Crippen LogP contribution in [0.5, 0.6) is 0 Å². The van der Waals surface area contributed by atoms with Gasteiger partial charge in [-0.2, -0.15) is 0 Å². The highest BCUT2D eigenvalue weighted by Gasteiger charge is 2.19. The number of methoxy groups -OCH3 is 1. The molecule has 2 N–H and O–H groups in total. The van der Waals surface area contributed by atoms with E-state index in [0.29, 0.717) is 0 Å². The number of ether oxygens (including phenoxy) is 1. The summed E-state index contributed by atoms with van der Waals surface area (Å²) in [6, 6.07) is 2.70. The van der Waals surface area contributed by atoms with Gasteiger partial charge in [0.15, 0.2) is 6.10 Å². The number of nitrogens with one attached hydrogen (secondary N) is 1. The van der Waals surface area contributed by atoms with Gasteiger partial charge in [0.25, 0.3) is 0 Å². The summed E-state index contributed by atoms with van der Waals surface area (Å²) in [7, 11) is 1.24. The molecule has 0 spiro atoms. The van der Waals surface area contributed by atoms with E-state index >= 15 is 0 Å². The van der Waals surface area contributed by atoms with Crippen molar-refractivity contribution in [3.8, 4) is 0 Å². The van der Waals surface area contributed by atoms with Crippen LogP contribution in [0.1, 0.15) is 0 Å². The fourth-order valence-electron chi connectivity index (χ4n) is 1.14. The third-order valence-corrected chi connectivity index (χ3v) is 2.00. The molecule has 0 aromatic carbocycles. The van der Waals surface area contributed by atoms with Crippen molar-refractivity contribution in [3.63, 3.8) is 0 Å². The SMILES string of the molecule is COC(CNc1ncccc1[N+](=O)[O-])C(=O)O. The van der Waals surface area contributed by atoms with Crippen molar-refractivity contribution in [1.29, 1.82) is 0 Å². The Hall–Kier alpha value is -2.22. The Bertz CT molecular complexity index is 423. The second-order valence-electron chi connectivity index (χ2n) is 3.07. The van der Waals surface area contributed by atoms with Crippen molar-refractivity contribution in [2.45, 2.75) is 6.10 Å². The predicted octanol–water partition coefficient (Wildman–Crippen LogP) is 0.501. The molecule has 1 heterocycles. The number of hydrogen-bond donors (Lipinski definition) is 2. The zero-order valence-electron chi connectivity index (χ0n) is 8.99. The summed E-state index contributed by atoms with van der Waals surface area (Å²) in [4.78, 5) is 24.5. The number of anilines is 1. The Morgan fingerprint density at radius 1 is 1.76 bits per heavy atom. The minimum atomic E-state index is -1.15. The highest BCUT2D eigenvalue weighted by Crippen LogP contribution is 2.20. The first-order valence-corrected chi connectivity index (χ1v) is 4.65. The van der Waals surface area contributed by atoms with Gasteiger partial charge in [-0.3, -0.25) is 10.1 Å². The highest BCUT2D eigenvalue weighted by atomic mass is 16.6. The van der Waals surface area contributed by atoms with Crippen LogP contribution in [-0.4, -0.2) is 40.7 Å². The van der Waals surface area contributed by atoms with E-state index in [9.17, 15) is 14.9 Å². The standard InChI is InChI=1S/C9H11N3O5/c1-17-7(9(13)14)5-11-8-6(12(15)16)3-2-4-10-8/h2-4,7H,5H2,1H3,(H,10,11)(H,13,14). The Labute approximate surface area is 96.4 Å². The Kier molecular flexibility index (Phi) is 4.35. The van der Waals surface area contributed by atoms with Crippen LogP contribution in [-0.2, 0) is 9.53 Å². The van der Waals surface area contributed by atoms with Crippen molar-refractivity contribution in [1.82, 2.24) is 4.98 Å². The van der Waals surface area contributed by atoms with Crippen LogP contribution >= 0.6 is 0 Å². The number of nitro groups is 1. The summed E-state index contributed by atoms with van der Waals surface area (Å²) in [5.74, 6) is -1.14. The fraction of sp³-hybridized carbons (Fsp3) is 0.333. The molecule has 0 amide bonds. The lowest BCUT2D eigenvalue weighted by Crippen LogP contribution is -2.30. The van der Waals surface area contributed by atoms with Gasteiger partial charge in [-0.15, -0.1) is 0 Å². The van der Waals surface area contributed by atoms with E-state index in [4.69, 9.17) is 5.11 Å². The summed E-state index contributed by atoms with van der Waals surface area (Å²) in [5.41, 5.74) is -0.215. The van der Waals surface area contributed by atoms with E-state index in [-0.39, 0.29) is 18.1 Å². The van der Waals surface area contributed by atoms with Gasteiger partial charge in [0.1, 0.15) is 0 Å². The van der Waals surface area contributed by atoms with E-state index in [0.717, 1.165) is 0 Å². The number of pyridine rings is 1. The summed E-state index contributed by atoms with van der Waals surface area (Å²) < 4.78 is 4.67. The second-order valence-corrected chi connectivity index (χ2v) is 3.07. The molecule has 1 aromatic rings. The third-order valence-electron chi connectivity index (χ3n) is 2.00. The van der Waals surface area contributed by atoms with Gasteiger partial charge in [-0.25, -0.2) is 9.78 Å². The Balaban J connectivity index is 2.75. The molecule has 0 fully saturated rings. The fourth-order valence-corrected chi connectivity index (χ4v) is 1.14. The van der Waals surface area contributed by atoms with Gasteiger partial charge >= 0.3 is 11.7 Å². The molecule has 0 saturated heterocycles. The largest absolute Gasteiger partial charge is 0.479 e. The molecule has 8 nitrogen and oxygen atoms in total. The summed E-state index contributed by atoms with van der Waals surface area (Å²) in [6.07, 6.45) is 0.286. The van der Waals surface area contributed by atoms with Crippen molar-refractivity contribution in [3.05, 3.63) is 28.4 Å². The van der Waals surface area contributed by atoms with Crippen LogP contribution in [0.15, 0.2) is 18.3 Å². The number of hydrogen-bond acceptors (Lipinski definition) is 6. The maximum absolute atomic E-state index is 10.7. The first-order chi connectivity index (χ1) is 8.06. The van der Waals surface area contributed by atoms with Crippen LogP contribution in [0, 0.1) is 10.1 Å². The van der Waals surface area contributed by atoms with E-state index in [2.05, 4.69) is 15.0 Å². The maximum Gasteiger partial charge on any atom is 0.334 e. The normalized spacial score (nSPS) is 11.8. The Morgan fingerprint density at radius 3 is 3.00 bits per heavy atom. The highest BCUT2D eigenvalue weighted by molar-refractivity contribution is 5.73. The van der Waals surface area contributed by atoms with Gasteiger partial charge < -0.3 is 15.2 Å². The van der Waals surface area contributed by atoms with E-state index < -0.39 is 17.0 Å². The monoisotopic (exact) mass is 241 g/mol. The lowest BCUT2D eigenvalue weighted by Gasteiger charge is -2.11. The minimum Gasteiger partial charge on any atom is -0.479 e. The number of carboxylic acid groups (broad SMARTS) is 1. The molecule has 8 heteroatoms. The lowest BCUT2D eigenvalue weighted by atomic mass is 10.3. The molecule has 1 aromatic heterocycles. The summed E-state index contributed by atoms with van der Waals surface area (Å²) in [6.45, 7) is -0.107. The van der Waals surface area contributed by atoms with E-state index in [1.807, 2.05) is 0 Å². The summed E-state index contributed by atoms with van der Waals surface area (Å²) >= 11 is 0. The van der Waals surface area contributed by atoms with Crippen molar-refractivity contribution in [2.24, 2.45) is 0 Å². The molecule has 0 aliphatic heterocycles. The maximum atomic E-state index is 10.7. The molecule has 1 atom stereocenters. The molecule has 0 bridgehead atoms. The summed E-state index contributed by atoms with van der Waals surface area (Å²) in [5, 5.41) is 21.9. The number of rotatable bonds is 6. The van der Waals surface area contributed by atoms with Gasteiger partial charge in [0.05, 0.1) is 11.5 Å². The predicted molar refractivity (Wildman–Crippen MR) is 57.8 cm³/mol. The molecule has 0 radical (unpaired) electrons. The lowest BCUT2D eigenvalue weighted by molar-refractivity contribution is -0.384. The van der Waals surface area contributed by atoms with Crippen LogP contribution < -0.4 is 5.32 Å². The zero-order chi connectivity index (χ0) is 12.8. The van der Waals surface area contributed by atoms with Crippen LogP contribution in [0.4, 0.5) is 11.5 Å². The van der Waals surface area contributed by atoms with Crippen LogP contribution in [0.2, 0.25) is 0 Å². The molecule has 0 aliphatic carbocycles. The van der Waals surface area contributed by atoms with Gasteiger partial charge in [0, 0.05) is 19.4 Å². The smallest absolute Gasteiger partial charge is 0.334 e. The third kappa shape index (κ3) is 3.38. The first-order valence-electron chi connectivity index (χ1n) is 4.65. The zero-order valence-corrected chi connectivity index (χ0v) is 8.99. The number of nitrogens with zero attached hydrogens (tertiary/aromatic N) is 2. The Morgan fingerprint density at radius 2 is 2.47 bits per heavy atom. The van der Waals surface area contributed by atoms with E-state index in [1.54, 1.807) is 0 Å². The molecule has 0 aliphatic rings. The molecule has 0 saturated carbocycles. The molecular formula is C9H11N3O5. The average molecular weight is 241 g/mol. The molecular weight excluding hydrogens is 230 g/mol. The van der Waals surface area contributed by atoms with Crippen LogP contribution in [0.3, 0.4) is 0 Å². The number of aliphatic carboxylic acids is 1. The molecule has 17 heavy (non-hydrogen) atoms. The number of carbonyl (C=O) groups is 1. The molecule has 1 unspecified atom stereocenters. The van der Waals surface area contributed by atoms with Crippen molar-refractivity contribution < 1.29 is 19.6 Å². The van der Waals surface area contributed by atoms with Crippen LogP contribution in [0.25, 0.3) is 0 Å². The van der Waals surface area contributed by atoms with Crippen molar-refractivity contribution in [2.75, 3.05) is 19.0 Å². The average Bonchev–Trinajstić information content (AvgIpc) is 2.29. The minimum absolute atomic E-state index is 0.0146. The molecule has 1 rings (SSSR count). The van der Waals surface area contributed by atoms with Crippen molar-refractivity contribution >= 4 is 17.5 Å². The van der Waals surface area contributed by atoms with Gasteiger partial charge in [-0.1, -0.05) is 0 Å². The van der Waals surface area contributed by atoms with E-state index in [1.165, 1.54) is 25.4 Å².